The van der Waals surface area contributed by atoms with Gasteiger partial charge in [0.05, 0.1) is 17.7 Å². The Morgan fingerprint density at radius 2 is 1.82 bits per heavy atom. The van der Waals surface area contributed by atoms with Crippen molar-refractivity contribution in [3.63, 3.8) is 0 Å². The number of nitrogens with one attached hydrogen (secondary N) is 2. The van der Waals surface area contributed by atoms with Crippen LogP contribution < -0.4 is 10.6 Å². The molecule has 1 saturated carbocycles. The summed E-state index contributed by atoms with van der Waals surface area (Å²) >= 11 is 0. The Labute approximate surface area is 163 Å². The van der Waals surface area contributed by atoms with Gasteiger partial charge in [0.1, 0.15) is 5.69 Å². The quantitative estimate of drug-likeness (QED) is 0.741. The number of nitrogens with zero attached hydrogens (tertiary/aromatic N) is 1. The van der Waals surface area contributed by atoms with Crippen LogP contribution in [0.25, 0.3) is 10.9 Å². The number of pyridine rings is 1. The minimum atomic E-state index is -0.741. The summed E-state index contributed by atoms with van der Waals surface area (Å²) in [4.78, 5) is 29.5. The molecule has 28 heavy (non-hydrogen) atoms. The third kappa shape index (κ3) is 4.15. The molecule has 0 spiro atoms. The number of aromatic nitrogens is 1. The van der Waals surface area contributed by atoms with Crippen molar-refractivity contribution in [1.82, 2.24) is 15.6 Å². The van der Waals surface area contributed by atoms with Crippen LogP contribution >= 0.6 is 0 Å². The Morgan fingerprint density at radius 1 is 1.04 bits per heavy atom. The smallest absolute Gasteiger partial charge is 0.270 e. The number of benzene rings is 1. The second kappa shape index (κ2) is 8.24. The first-order valence-corrected chi connectivity index (χ1v) is 9.83. The van der Waals surface area contributed by atoms with Crippen molar-refractivity contribution in [1.29, 1.82) is 0 Å². The van der Waals surface area contributed by atoms with Gasteiger partial charge in [-0.1, -0.05) is 24.3 Å². The molecule has 0 unspecified atom stereocenters. The number of aliphatic hydroxyl groups is 1. The van der Waals surface area contributed by atoms with Crippen molar-refractivity contribution in [2.24, 2.45) is 5.92 Å². The third-order valence-corrected chi connectivity index (χ3v) is 5.61. The van der Waals surface area contributed by atoms with Gasteiger partial charge < -0.3 is 20.5 Å². The summed E-state index contributed by atoms with van der Waals surface area (Å²) in [6.07, 6.45) is 1.67. The van der Waals surface area contributed by atoms with E-state index in [1.54, 1.807) is 6.07 Å². The summed E-state index contributed by atoms with van der Waals surface area (Å²) in [6, 6.07) is 10.8. The summed E-state index contributed by atoms with van der Waals surface area (Å²) in [7, 11) is 0. The Hall–Kier alpha value is -2.51. The molecule has 1 aromatic carbocycles. The third-order valence-electron chi connectivity index (χ3n) is 5.61. The number of amides is 2. The molecular formula is C21H25N3O4. The highest BCUT2D eigenvalue weighted by Gasteiger charge is 2.38. The van der Waals surface area contributed by atoms with Crippen molar-refractivity contribution in [3.8, 4) is 0 Å². The maximum Gasteiger partial charge on any atom is 0.270 e. The van der Waals surface area contributed by atoms with Gasteiger partial charge in [-0.2, -0.15) is 0 Å². The second-order valence-electron chi connectivity index (χ2n) is 7.60. The van der Waals surface area contributed by atoms with Crippen molar-refractivity contribution < 1.29 is 19.4 Å². The van der Waals surface area contributed by atoms with Crippen LogP contribution in [0.1, 0.15) is 36.2 Å². The monoisotopic (exact) mass is 383 g/mol. The summed E-state index contributed by atoms with van der Waals surface area (Å²) in [5.41, 5.74) is 1.05. The van der Waals surface area contributed by atoms with Crippen molar-refractivity contribution in [2.75, 3.05) is 13.2 Å². The molecule has 148 valence electrons. The Kier molecular flexibility index (Phi) is 5.54. The molecular weight excluding hydrogens is 358 g/mol. The van der Waals surface area contributed by atoms with Gasteiger partial charge in [-0.05, 0) is 37.8 Å². The van der Waals surface area contributed by atoms with E-state index in [-0.39, 0.29) is 23.8 Å². The minimum absolute atomic E-state index is 0.0495. The molecule has 2 aliphatic rings. The molecule has 1 saturated heterocycles. The number of ether oxygens (including phenoxy) is 1. The zero-order valence-electron chi connectivity index (χ0n) is 15.6. The Bertz CT molecular complexity index is 866. The topological polar surface area (TPSA) is 101 Å². The lowest BCUT2D eigenvalue weighted by molar-refractivity contribution is -0.126. The van der Waals surface area contributed by atoms with Crippen molar-refractivity contribution in [3.05, 3.63) is 42.1 Å². The van der Waals surface area contributed by atoms with E-state index in [0.717, 1.165) is 23.7 Å². The first kappa shape index (κ1) is 18.8. The van der Waals surface area contributed by atoms with Crippen LogP contribution in [0.3, 0.4) is 0 Å². The summed E-state index contributed by atoms with van der Waals surface area (Å²) in [6.45, 7) is 1.32. The van der Waals surface area contributed by atoms with E-state index in [0.29, 0.717) is 31.7 Å². The number of aliphatic hydroxyl groups excluding tert-OH is 1. The number of fused-ring (bicyclic) bond motifs is 1. The molecule has 7 heteroatoms. The average Bonchev–Trinajstić information content (AvgIpc) is 3.09. The van der Waals surface area contributed by atoms with Crippen LogP contribution in [-0.2, 0) is 9.53 Å². The molecule has 2 heterocycles. The fourth-order valence-corrected chi connectivity index (χ4v) is 3.98. The zero-order valence-corrected chi connectivity index (χ0v) is 15.6. The van der Waals surface area contributed by atoms with E-state index >= 15 is 0 Å². The summed E-state index contributed by atoms with van der Waals surface area (Å²) in [5.74, 6) is -0.681. The first-order valence-electron chi connectivity index (χ1n) is 9.83. The van der Waals surface area contributed by atoms with Gasteiger partial charge in [0.2, 0.25) is 5.91 Å². The number of hydrogen-bond acceptors (Lipinski definition) is 5. The number of hydrogen-bond donors (Lipinski definition) is 3. The number of carbonyl (C=O) groups excluding carboxylic acids is 2. The lowest BCUT2D eigenvalue weighted by Crippen LogP contribution is -2.42. The van der Waals surface area contributed by atoms with Crippen LogP contribution in [0.4, 0.5) is 0 Å². The van der Waals surface area contributed by atoms with Crippen molar-refractivity contribution >= 4 is 22.7 Å². The first-order chi connectivity index (χ1) is 13.6. The molecule has 3 N–H and O–H groups in total. The van der Waals surface area contributed by atoms with Gasteiger partial charge in [-0.3, -0.25) is 9.59 Å². The molecule has 7 nitrogen and oxygen atoms in total. The molecule has 0 radical (unpaired) electrons. The van der Waals surface area contributed by atoms with Gasteiger partial charge in [-0.25, -0.2) is 4.98 Å². The molecule has 1 aliphatic heterocycles. The second-order valence-corrected chi connectivity index (χ2v) is 7.60. The molecule has 2 fully saturated rings. The summed E-state index contributed by atoms with van der Waals surface area (Å²) in [5, 5.41) is 17.2. The van der Waals surface area contributed by atoms with Gasteiger partial charge in [-0.15, -0.1) is 0 Å². The van der Waals surface area contributed by atoms with Crippen LogP contribution in [0.15, 0.2) is 36.4 Å². The van der Waals surface area contributed by atoms with E-state index < -0.39 is 12.1 Å². The number of rotatable bonds is 4. The van der Waals surface area contributed by atoms with Gasteiger partial charge in [0.25, 0.3) is 5.91 Å². The Morgan fingerprint density at radius 3 is 2.64 bits per heavy atom. The fourth-order valence-electron chi connectivity index (χ4n) is 3.98. The van der Waals surface area contributed by atoms with Crippen LogP contribution in [0.2, 0.25) is 0 Å². The molecule has 2 amide bonds. The standard InChI is InChI=1S/C21H25N3O4/c25-19-12-14(20(26)22-15-7-9-28-10-8-15)11-18(19)24-21(27)17-6-5-13-3-1-2-4-16(13)23-17/h1-6,14-15,18-19,25H,7-12H2,(H,22,26)(H,24,27)/t14-,18+,19+/m0/s1. The van der Waals surface area contributed by atoms with Gasteiger partial charge in [0.15, 0.2) is 0 Å². The predicted molar refractivity (Wildman–Crippen MR) is 104 cm³/mol. The van der Waals surface area contributed by atoms with E-state index in [1.807, 2.05) is 30.3 Å². The van der Waals surface area contributed by atoms with E-state index in [4.69, 9.17) is 4.74 Å². The molecule has 1 aromatic heterocycles. The average molecular weight is 383 g/mol. The maximum absolute atomic E-state index is 12.6. The zero-order chi connectivity index (χ0) is 19.5. The normalized spacial score (nSPS) is 25.5. The molecule has 3 atom stereocenters. The molecule has 4 rings (SSSR count). The lowest BCUT2D eigenvalue weighted by atomic mass is 10.0. The minimum Gasteiger partial charge on any atom is -0.391 e. The van der Waals surface area contributed by atoms with E-state index in [9.17, 15) is 14.7 Å². The molecule has 0 bridgehead atoms. The molecule has 2 aromatic rings. The van der Waals surface area contributed by atoms with Gasteiger partial charge in [0, 0.05) is 30.6 Å². The highest BCUT2D eigenvalue weighted by atomic mass is 16.5. The highest BCUT2D eigenvalue weighted by molar-refractivity contribution is 5.95. The van der Waals surface area contributed by atoms with Gasteiger partial charge >= 0.3 is 0 Å². The van der Waals surface area contributed by atoms with Crippen LogP contribution in [-0.4, -0.2) is 53.3 Å². The van der Waals surface area contributed by atoms with Crippen LogP contribution in [0, 0.1) is 5.92 Å². The Balaban J connectivity index is 1.36. The number of carbonyl (C=O) groups is 2. The fraction of sp³-hybridized carbons (Fsp3) is 0.476. The molecule has 1 aliphatic carbocycles. The maximum atomic E-state index is 12.6. The van der Waals surface area contributed by atoms with E-state index in [1.165, 1.54) is 0 Å². The largest absolute Gasteiger partial charge is 0.391 e. The van der Waals surface area contributed by atoms with E-state index in [2.05, 4.69) is 15.6 Å². The predicted octanol–water partition coefficient (Wildman–Crippen LogP) is 1.40. The van der Waals surface area contributed by atoms with Crippen molar-refractivity contribution in [2.45, 2.75) is 43.9 Å². The lowest BCUT2D eigenvalue weighted by Gasteiger charge is -2.24. The summed E-state index contributed by atoms with van der Waals surface area (Å²) < 4.78 is 5.31. The van der Waals surface area contributed by atoms with Crippen LogP contribution in [0.5, 0.6) is 0 Å². The highest BCUT2D eigenvalue weighted by Crippen LogP contribution is 2.27. The SMILES string of the molecule is O=C(N[C@@H]1C[C@H](C(=O)NC2CCOCC2)C[C@H]1O)c1ccc2ccccc2n1. The number of para-hydroxylation sites is 1.